The molecule has 3 aromatic heterocycles. The molecule has 0 aliphatic heterocycles. The highest BCUT2D eigenvalue weighted by Gasteiger charge is 2.19. The number of sulfonamides is 1. The molecule has 4 aromatic rings. The van der Waals surface area contributed by atoms with Crippen molar-refractivity contribution in [3.63, 3.8) is 0 Å². The van der Waals surface area contributed by atoms with Gasteiger partial charge in [0.05, 0.1) is 17.0 Å². The second-order valence-corrected chi connectivity index (χ2v) is 8.05. The first-order valence-electron chi connectivity index (χ1n) is 8.76. The van der Waals surface area contributed by atoms with Gasteiger partial charge in [0, 0.05) is 18.7 Å². The number of aromatic nitrogens is 4. The maximum absolute atomic E-state index is 12.7. The van der Waals surface area contributed by atoms with Crippen LogP contribution in [0.15, 0.2) is 55.2 Å². The van der Waals surface area contributed by atoms with Crippen molar-refractivity contribution in [1.29, 1.82) is 0 Å². The minimum absolute atomic E-state index is 0.0485. The second kappa shape index (κ2) is 7.17. The van der Waals surface area contributed by atoms with E-state index in [4.69, 9.17) is 8.94 Å². The van der Waals surface area contributed by atoms with Crippen LogP contribution in [0, 0.1) is 6.92 Å². The normalized spacial score (nSPS) is 11.8. The van der Waals surface area contributed by atoms with E-state index < -0.39 is 15.8 Å². The maximum atomic E-state index is 12.7. The zero-order valence-corrected chi connectivity index (χ0v) is 16.4. The summed E-state index contributed by atoms with van der Waals surface area (Å²) in [5.74, 6) is 0.347. The van der Waals surface area contributed by atoms with Crippen molar-refractivity contribution in [2.45, 2.75) is 31.7 Å². The predicted molar refractivity (Wildman–Crippen MR) is 103 cm³/mol. The Morgan fingerprint density at radius 2 is 2.03 bits per heavy atom. The molecule has 0 spiro atoms. The third kappa shape index (κ3) is 3.76. The number of hydrogen-bond donors (Lipinski definition) is 1. The summed E-state index contributed by atoms with van der Waals surface area (Å²) in [5, 5.41) is 3.82. The molecule has 4 rings (SSSR count). The van der Waals surface area contributed by atoms with Gasteiger partial charge < -0.3 is 8.94 Å². The highest BCUT2D eigenvalue weighted by Crippen LogP contribution is 2.21. The molecular formula is C18H17N5O5S. The number of aryl methyl sites for hydroxylation is 2. The first kappa shape index (κ1) is 18.9. The van der Waals surface area contributed by atoms with Gasteiger partial charge in [0.2, 0.25) is 5.89 Å². The third-order valence-corrected chi connectivity index (χ3v) is 5.57. The number of nitrogens with one attached hydrogen (secondary N) is 1. The summed E-state index contributed by atoms with van der Waals surface area (Å²) in [6.45, 7) is 3.75. The summed E-state index contributed by atoms with van der Waals surface area (Å²) < 4.78 is 39.3. The number of benzene rings is 1. The number of anilines is 1. The van der Waals surface area contributed by atoms with Crippen LogP contribution in [0.25, 0.3) is 11.1 Å². The van der Waals surface area contributed by atoms with Crippen LogP contribution < -0.4 is 10.5 Å². The van der Waals surface area contributed by atoms with Crippen LogP contribution >= 0.6 is 0 Å². The minimum atomic E-state index is -3.91. The molecule has 1 aromatic carbocycles. The Hall–Kier alpha value is -3.47. The van der Waals surface area contributed by atoms with E-state index in [1.54, 1.807) is 12.1 Å². The highest BCUT2D eigenvalue weighted by atomic mass is 32.2. The molecule has 150 valence electrons. The molecule has 3 heterocycles. The van der Waals surface area contributed by atoms with Gasteiger partial charge in [-0.25, -0.2) is 18.2 Å². The Morgan fingerprint density at radius 1 is 1.21 bits per heavy atom. The van der Waals surface area contributed by atoms with Gasteiger partial charge in [0.15, 0.2) is 11.4 Å². The van der Waals surface area contributed by atoms with Gasteiger partial charge in [-0.2, -0.15) is 4.98 Å². The van der Waals surface area contributed by atoms with Crippen molar-refractivity contribution in [3.05, 3.63) is 64.4 Å². The standard InChI is InChI=1S/C18H17N5O5S/c1-3-17-20-16(21-28-17)10-23-13-5-4-12(9-14(13)27-18(23)24)29(25,26)22-15-8-11(2)6-7-19-15/h4-9H,3,10H2,1-2H3,(H,19,22). The largest absolute Gasteiger partial charge is 0.420 e. The predicted octanol–water partition coefficient (Wildman–Crippen LogP) is 2.09. The third-order valence-electron chi connectivity index (χ3n) is 4.22. The van der Waals surface area contributed by atoms with Crippen molar-refractivity contribution in [2.75, 3.05) is 4.72 Å². The number of nitrogens with zero attached hydrogens (tertiary/aromatic N) is 4. The van der Waals surface area contributed by atoms with Crippen molar-refractivity contribution >= 4 is 26.9 Å². The van der Waals surface area contributed by atoms with Crippen molar-refractivity contribution < 1.29 is 17.4 Å². The molecule has 0 amide bonds. The van der Waals surface area contributed by atoms with Crippen LogP contribution in [0.4, 0.5) is 5.82 Å². The molecule has 29 heavy (non-hydrogen) atoms. The Labute approximate surface area is 165 Å². The van der Waals surface area contributed by atoms with Gasteiger partial charge >= 0.3 is 5.76 Å². The molecule has 0 aliphatic rings. The summed E-state index contributed by atoms with van der Waals surface area (Å²) in [6.07, 6.45) is 2.09. The fraction of sp³-hybridized carbons (Fsp3) is 0.222. The molecule has 10 nitrogen and oxygen atoms in total. The van der Waals surface area contributed by atoms with Crippen molar-refractivity contribution in [1.82, 2.24) is 19.7 Å². The van der Waals surface area contributed by atoms with Crippen LogP contribution in [0.1, 0.15) is 24.2 Å². The van der Waals surface area contributed by atoms with E-state index in [2.05, 4.69) is 19.8 Å². The van der Waals surface area contributed by atoms with Crippen LogP contribution in [0.2, 0.25) is 0 Å². The number of hydrogen-bond acceptors (Lipinski definition) is 8. The number of oxazole rings is 1. The maximum Gasteiger partial charge on any atom is 0.420 e. The van der Waals surface area contributed by atoms with E-state index in [1.807, 2.05) is 13.8 Å². The Kier molecular flexibility index (Phi) is 4.66. The Balaban J connectivity index is 1.67. The van der Waals surface area contributed by atoms with Crippen LogP contribution in [-0.2, 0) is 23.0 Å². The molecule has 0 aliphatic carbocycles. The van der Waals surface area contributed by atoms with E-state index in [9.17, 15) is 13.2 Å². The molecule has 0 radical (unpaired) electrons. The summed E-state index contributed by atoms with van der Waals surface area (Å²) in [4.78, 5) is 20.4. The van der Waals surface area contributed by atoms with Gasteiger partial charge in [0.25, 0.3) is 10.0 Å². The lowest BCUT2D eigenvalue weighted by atomic mass is 10.3. The quantitative estimate of drug-likeness (QED) is 0.506. The van der Waals surface area contributed by atoms with E-state index in [0.717, 1.165) is 5.56 Å². The molecular weight excluding hydrogens is 398 g/mol. The number of fused-ring (bicyclic) bond motifs is 1. The van der Waals surface area contributed by atoms with Crippen molar-refractivity contribution in [3.8, 4) is 0 Å². The van der Waals surface area contributed by atoms with Crippen LogP contribution in [0.5, 0.6) is 0 Å². The van der Waals surface area contributed by atoms with Gasteiger partial charge in [-0.1, -0.05) is 12.1 Å². The summed E-state index contributed by atoms with van der Waals surface area (Å²) in [7, 11) is -3.91. The molecule has 0 fully saturated rings. The first-order chi connectivity index (χ1) is 13.9. The number of rotatable bonds is 6. The molecule has 0 saturated carbocycles. The molecule has 1 N–H and O–H groups in total. The monoisotopic (exact) mass is 415 g/mol. The molecule has 0 unspecified atom stereocenters. The Bertz CT molecular complexity index is 1350. The second-order valence-electron chi connectivity index (χ2n) is 6.37. The average Bonchev–Trinajstić information content (AvgIpc) is 3.25. The molecule has 0 atom stereocenters. The lowest BCUT2D eigenvalue weighted by molar-refractivity contribution is 0.375. The molecule has 0 saturated heterocycles. The lowest BCUT2D eigenvalue weighted by Gasteiger charge is -2.07. The summed E-state index contributed by atoms with van der Waals surface area (Å²) >= 11 is 0. The van der Waals surface area contributed by atoms with Crippen LogP contribution in [-0.4, -0.2) is 28.1 Å². The van der Waals surface area contributed by atoms with E-state index in [-0.39, 0.29) is 22.8 Å². The van der Waals surface area contributed by atoms with Crippen LogP contribution in [0.3, 0.4) is 0 Å². The molecule has 0 bridgehead atoms. The van der Waals surface area contributed by atoms with E-state index in [1.165, 1.54) is 29.0 Å². The SMILES string of the molecule is CCc1nc(Cn2c(=O)oc3cc(S(=O)(=O)Nc4cc(C)ccn4)ccc32)no1. The van der Waals surface area contributed by atoms with E-state index >= 15 is 0 Å². The summed E-state index contributed by atoms with van der Waals surface area (Å²) in [5.41, 5.74) is 1.42. The fourth-order valence-electron chi connectivity index (χ4n) is 2.79. The Morgan fingerprint density at radius 3 is 2.76 bits per heavy atom. The van der Waals surface area contributed by atoms with Gasteiger partial charge in [-0.3, -0.25) is 9.29 Å². The fourth-order valence-corrected chi connectivity index (χ4v) is 3.81. The minimum Gasteiger partial charge on any atom is -0.408 e. The zero-order chi connectivity index (χ0) is 20.6. The smallest absolute Gasteiger partial charge is 0.408 e. The first-order valence-corrected chi connectivity index (χ1v) is 10.2. The van der Waals surface area contributed by atoms with Gasteiger partial charge in [-0.05, 0) is 36.8 Å². The van der Waals surface area contributed by atoms with Gasteiger partial charge in [0.1, 0.15) is 5.82 Å². The topological polar surface area (TPSA) is 133 Å². The lowest BCUT2D eigenvalue weighted by Crippen LogP contribution is -2.16. The zero-order valence-electron chi connectivity index (χ0n) is 15.6. The average molecular weight is 415 g/mol. The highest BCUT2D eigenvalue weighted by molar-refractivity contribution is 7.92. The van der Waals surface area contributed by atoms with E-state index in [0.29, 0.717) is 23.7 Å². The summed E-state index contributed by atoms with van der Waals surface area (Å²) in [6, 6.07) is 7.55. The molecule has 11 heteroatoms. The number of pyridine rings is 1. The van der Waals surface area contributed by atoms with Gasteiger partial charge in [-0.15, -0.1) is 0 Å². The van der Waals surface area contributed by atoms with Crippen molar-refractivity contribution in [2.24, 2.45) is 0 Å².